The Kier molecular flexibility index (Phi) is 2.10. The summed E-state index contributed by atoms with van der Waals surface area (Å²) < 4.78 is 0. The van der Waals surface area contributed by atoms with Gasteiger partial charge in [-0.05, 0) is 34.2 Å². The first-order valence-electron chi connectivity index (χ1n) is 6.03. The van der Waals surface area contributed by atoms with Gasteiger partial charge in [0.25, 0.3) is 0 Å². The van der Waals surface area contributed by atoms with Crippen molar-refractivity contribution < 1.29 is 0 Å². The summed E-state index contributed by atoms with van der Waals surface area (Å²) in [6, 6.07) is 15.7. The first kappa shape index (κ1) is 9.65. The lowest BCUT2D eigenvalue weighted by Gasteiger charge is -2.07. The zero-order valence-electron chi connectivity index (χ0n) is 9.83. The molecule has 0 fully saturated rings. The molecule has 1 atom stereocenters. The maximum absolute atomic E-state index is 2.38. The van der Waals surface area contributed by atoms with Crippen molar-refractivity contribution in [3.8, 4) is 11.1 Å². The van der Waals surface area contributed by atoms with E-state index in [4.69, 9.17) is 0 Å². The lowest BCUT2D eigenvalue weighted by Crippen LogP contribution is -1.90. The van der Waals surface area contributed by atoms with Crippen LogP contribution in [0.1, 0.15) is 36.5 Å². The monoisotopic (exact) mass is 208 g/mol. The second kappa shape index (κ2) is 3.48. The molecule has 1 aliphatic carbocycles. The van der Waals surface area contributed by atoms with Gasteiger partial charge in [0.05, 0.1) is 0 Å². The van der Waals surface area contributed by atoms with Gasteiger partial charge in [0.1, 0.15) is 0 Å². The molecule has 0 saturated heterocycles. The van der Waals surface area contributed by atoms with Crippen LogP contribution in [0.2, 0.25) is 0 Å². The number of fused-ring (bicyclic) bond motifs is 3. The molecule has 3 rings (SSSR count). The third-order valence-corrected chi connectivity index (χ3v) is 3.71. The van der Waals surface area contributed by atoms with Crippen LogP contribution in [0.15, 0.2) is 42.5 Å². The highest BCUT2D eigenvalue weighted by Gasteiger charge is 2.24. The fraction of sp³-hybridized carbons (Fsp3) is 0.250. The summed E-state index contributed by atoms with van der Waals surface area (Å²) in [5.74, 6) is 0.553. The number of hydrogen-bond acceptors (Lipinski definition) is 0. The molecule has 2 aromatic carbocycles. The molecule has 0 radical (unpaired) electrons. The van der Waals surface area contributed by atoms with Crippen LogP contribution in [0, 0.1) is 0 Å². The van der Waals surface area contributed by atoms with Crippen LogP contribution in [0.4, 0.5) is 0 Å². The van der Waals surface area contributed by atoms with Gasteiger partial charge < -0.3 is 0 Å². The summed E-state index contributed by atoms with van der Waals surface area (Å²) in [7, 11) is 0. The highest BCUT2D eigenvalue weighted by Crippen LogP contribution is 2.44. The third-order valence-electron chi connectivity index (χ3n) is 3.71. The van der Waals surface area contributed by atoms with Crippen LogP contribution >= 0.6 is 0 Å². The van der Waals surface area contributed by atoms with Crippen LogP contribution in [-0.4, -0.2) is 0 Å². The Hall–Kier alpha value is -1.56. The van der Waals surface area contributed by atoms with Crippen LogP contribution in [0.5, 0.6) is 0 Å². The first-order chi connectivity index (χ1) is 7.81. The van der Waals surface area contributed by atoms with Gasteiger partial charge in [0.15, 0.2) is 0 Å². The molecule has 0 N–H and O–H groups in total. The molecule has 0 heteroatoms. The molecular formula is C16H16. The minimum Gasteiger partial charge on any atom is -0.0619 e. The first-order valence-corrected chi connectivity index (χ1v) is 6.03. The van der Waals surface area contributed by atoms with Crippen molar-refractivity contribution >= 4 is 0 Å². The second-order valence-electron chi connectivity index (χ2n) is 4.58. The number of aryl methyl sites for hydroxylation is 1. The van der Waals surface area contributed by atoms with E-state index in [-0.39, 0.29) is 0 Å². The summed E-state index contributed by atoms with van der Waals surface area (Å²) >= 11 is 0. The van der Waals surface area contributed by atoms with Gasteiger partial charge in [-0.2, -0.15) is 0 Å². The van der Waals surface area contributed by atoms with Crippen molar-refractivity contribution in [3.63, 3.8) is 0 Å². The summed E-state index contributed by atoms with van der Waals surface area (Å²) in [6.07, 6.45) is 1.12. The molecule has 1 unspecified atom stereocenters. The van der Waals surface area contributed by atoms with Gasteiger partial charge in [-0.1, -0.05) is 56.3 Å². The Morgan fingerprint density at radius 3 is 2.50 bits per heavy atom. The van der Waals surface area contributed by atoms with E-state index in [1.54, 1.807) is 0 Å². The fourth-order valence-corrected chi connectivity index (χ4v) is 2.72. The van der Waals surface area contributed by atoms with E-state index in [0.717, 1.165) is 6.42 Å². The van der Waals surface area contributed by atoms with Gasteiger partial charge in [0, 0.05) is 5.92 Å². The normalized spacial score (nSPS) is 17.0. The molecule has 1 aliphatic rings. The van der Waals surface area contributed by atoms with Gasteiger partial charge in [-0.25, -0.2) is 0 Å². The number of benzene rings is 2. The molecule has 16 heavy (non-hydrogen) atoms. The van der Waals surface area contributed by atoms with E-state index in [1.165, 1.54) is 27.8 Å². The zero-order chi connectivity index (χ0) is 11.1. The van der Waals surface area contributed by atoms with E-state index >= 15 is 0 Å². The van der Waals surface area contributed by atoms with E-state index in [0.29, 0.717) is 5.92 Å². The van der Waals surface area contributed by atoms with Crippen molar-refractivity contribution in [2.24, 2.45) is 0 Å². The summed E-state index contributed by atoms with van der Waals surface area (Å²) in [5.41, 5.74) is 7.28. The lowest BCUT2D eigenvalue weighted by molar-refractivity contribution is 0.950. The lowest BCUT2D eigenvalue weighted by atomic mass is 9.97. The Bertz CT molecular complexity index is 537. The Morgan fingerprint density at radius 1 is 0.938 bits per heavy atom. The highest BCUT2D eigenvalue weighted by atomic mass is 14.3. The maximum atomic E-state index is 2.38. The van der Waals surface area contributed by atoms with E-state index in [2.05, 4.69) is 56.3 Å². The SMILES string of the molecule is CCc1ccc2c(c1)C(C)c1ccccc1-2. The molecule has 0 amide bonds. The Labute approximate surface area is 96.9 Å². The molecule has 2 aromatic rings. The van der Waals surface area contributed by atoms with Crippen molar-refractivity contribution in [1.82, 2.24) is 0 Å². The van der Waals surface area contributed by atoms with Crippen LogP contribution in [0.3, 0.4) is 0 Å². The molecule has 0 bridgehead atoms. The minimum absolute atomic E-state index is 0.553. The van der Waals surface area contributed by atoms with E-state index in [9.17, 15) is 0 Å². The van der Waals surface area contributed by atoms with Crippen LogP contribution < -0.4 is 0 Å². The molecule has 0 aliphatic heterocycles. The summed E-state index contributed by atoms with van der Waals surface area (Å²) in [5, 5.41) is 0. The predicted octanol–water partition coefficient (Wildman–Crippen LogP) is 4.38. The van der Waals surface area contributed by atoms with Gasteiger partial charge >= 0.3 is 0 Å². The molecular weight excluding hydrogens is 192 g/mol. The smallest absolute Gasteiger partial charge is 0.00734 e. The maximum Gasteiger partial charge on any atom is 0.00734 e. The average molecular weight is 208 g/mol. The fourth-order valence-electron chi connectivity index (χ4n) is 2.72. The third kappa shape index (κ3) is 1.23. The topological polar surface area (TPSA) is 0 Å². The standard InChI is InChI=1S/C16H16/c1-3-12-8-9-15-14-7-5-4-6-13(14)11(2)16(15)10-12/h4-11H,3H2,1-2H3. The average Bonchev–Trinajstić information content (AvgIpc) is 2.64. The van der Waals surface area contributed by atoms with Gasteiger partial charge in [-0.15, -0.1) is 0 Å². The largest absolute Gasteiger partial charge is 0.0619 e. The molecule has 0 nitrogen and oxygen atoms in total. The quantitative estimate of drug-likeness (QED) is 0.652. The van der Waals surface area contributed by atoms with E-state index in [1.807, 2.05) is 0 Å². The Balaban J connectivity index is 2.24. The number of rotatable bonds is 1. The van der Waals surface area contributed by atoms with Crippen LogP contribution in [-0.2, 0) is 6.42 Å². The van der Waals surface area contributed by atoms with Crippen molar-refractivity contribution in [2.45, 2.75) is 26.2 Å². The minimum atomic E-state index is 0.553. The molecule has 0 aromatic heterocycles. The van der Waals surface area contributed by atoms with Crippen molar-refractivity contribution in [1.29, 1.82) is 0 Å². The second-order valence-corrected chi connectivity index (χ2v) is 4.58. The molecule has 80 valence electrons. The number of hydrogen-bond donors (Lipinski definition) is 0. The van der Waals surface area contributed by atoms with Gasteiger partial charge in [0.2, 0.25) is 0 Å². The molecule has 0 heterocycles. The highest BCUT2D eigenvalue weighted by molar-refractivity contribution is 5.78. The zero-order valence-corrected chi connectivity index (χ0v) is 9.83. The van der Waals surface area contributed by atoms with Crippen molar-refractivity contribution in [3.05, 3.63) is 59.2 Å². The molecule has 0 saturated carbocycles. The van der Waals surface area contributed by atoms with Crippen molar-refractivity contribution in [2.75, 3.05) is 0 Å². The van der Waals surface area contributed by atoms with E-state index < -0.39 is 0 Å². The Morgan fingerprint density at radius 2 is 1.69 bits per heavy atom. The summed E-state index contributed by atoms with van der Waals surface area (Å²) in [6.45, 7) is 4.53. The van der Waals surface area contributed by atoms with Gasteiger partial charge in [-0.3, -0.25) is 0 Å². The molecule has 0 spiro atoms. The summed E-state index contributed by atoms with van der Waals surface area (Å²) in [4.78, 5) is 0. The predicted molar refractivity (Wildman–Crippen MR) is 68.8 cm³/mol. The van der Waals surface area contributed by atoms with Crippen LogP contribution in [0.25, 0.3) is 11.1 Å².